The second-order valence-electron chi connectivity index (χ2n) is 7.60. The zero-order chi connectivity index (χ0) is 20.5. The smallest absolute Gasteiger partial charge is 0.410 e. The van der Waals surface area contributed by atoms with Gasteiger partial charge in [0.2, 0.25) is 0 Å². The van der Waals surface area contributed by atoms with Crippen LogP contribution in [0.5, 0.6) is 0 Å². The Morgan fingerprint density at radius 3 is 2.10 bits per heavy atom. The Balaban J connectivity index is 1.68. The summed E-state index contributed by atoms with van der Waals surface area (Å²) in [6, 6.07) is 19.7. The fourth-order valence-corrected chi connectivity index (χ4v) is 4.07. The van der Waals surface area contributed by atoms with E-state index < -0.39 is 5.60 Å². The minimum atomic E-state index is -1.07. The van der Waals surface area contributed by atoms with Gasteiger partial charge in [-0.3, -0.25) is 0 Å². The predicted octanol–water partition coefficient (Wildman–Crippen LogP) is 5.13. The second kappa shape index (κ2) is 10.3. The van der Waals surface area contributed by atoms with Crippen molar-refractivity contribution >= 4 is 6.09 Å². The van der Waals surface area contributed by atoms with Gasteiger partial charge >= 0.3 is 6.09 Å². The molecule has 4 nitrogen and oxygen atoms in total. The average molecular weight is 394 g/mol. The molecule has 154 valence electrons. The summed E-state index contributed by atoms with van der Waals surface area (Å²) in [5.74, 6) is 0.0285. The van der Waals surface area contributed by atoms with Crippen LogP contribution in [0.25, 0.3) is 0 Å². The molecule has 3 rings (SSSR count). The number of hydrogen-bond acceptors (Lipinski definition) is 3. The number of aliphatic hydroxyl groups is 1. The van der Waals surface area contributed by atoms with E-state index in [1.807, 2.05) is 72.8 Å². The number of carbonyl (C=O) groups excluding carboxylic acids is 1. The van der Waals surface area contributed by atoms with Crippen LogP contribution in [-0.4, -0.2) is 35.8 Å². The number of hydrogen-bond donors (Lipinski definition) is 1. The van der Waals surface area contributed by atoms with E-state index in [4.69, 9.17) is 4.74 Å². The van der Waals surface area contributed by atoms with Gasteiger partial charge in [-0.25, -0.2) is 4.79 Å². The molecule has 0 saturated carbocycles. The number of benzene rings is 2. The van der Waals surface area contributed by atoms with Crippen LogP contribution in [0.2, 0.25) is 0 Å². The number of amides is 1. The summed E-state index contributed by atoms with van der Waals surface area (Å²) in [7, 11) is 0. The molecule has 1 aliphatic heterocycles. The van der Waals surface area contributed by atoms with Gasteiger partial charge in [-0.2, -0.15) is 0 Å². The Morgan fingerprint density at radius 2 is 1.59 bits per heavy atom. The van der Waals surface area contributed by atoms with Crippen molar-refractivity contribution in [3.63, 3.8) is 0 Å². The third kappa shape index (κ3) is 5.07. The summed E-state index contributed by atoms with van der Waals surface area (Å²) in [5.41, 5.74) is 0.725. The van der Waals surface area contributed by atoms with Gasteiger partial charge in [0.25, 0.3) is 0 Å². The molecule has 2 aromatic rings. The average Bonchev–Trinajstić information content (AvgIpc) is 2.79. The van der Waals surface area contributed by atoms with Crippen molar-refractivity contribution in [1.82, 2.24) is 4.90 Å². The zero-order valence-electron chi connectivity index (χ0n) is 17.2. The van der Waals surface area contributed by atoms with E-state index in [2.05, 4.69) is 6.92 Å². The van der Waals surface area contributed by atoms with Crippen molar-refractivity contribution in [1.29, 1.82) is 0 Å². The first-order valence-corrected chi connectivity index (χ1v) is 10.6. The Bertz CT molecular complexity index is 741. The number of carbonyl (C=O) groups is 1. The first-order chi connectivity index (χ1) is 14.2. The van der Waals surface area contributed by atoms with Crippen LogP contribution in [-0.2, 0) is 10.3 Å². The lowest BCUT2D eigenvalue weighted by Gasteiger charge is -2.42. The van der Waals surface area contributed by atoms with Gasteiger partial charge in [0.1, 0.15) is 12.2 Å². The molecular formula is C25H31NO3. The van der Waals surface area contributed by atoms with E-state index >= 15 is 0 Å². The van der Waals surface area contributed by atoms with Crippen molar-refractivity contribution in [3.8, 4) is 0 Å². The first kappa shape index (κ1) is 21.1. The molecule has 4 heteroatoms. The molecular weight excluding hydrogens is 362 g/mol. The number of likely N-dealkylation sites (tertiary alicyclic amines) is 1. The van der Waals surface area contributed by atoms with Crippen LogP contribution in [0.15, 0.2) is 72.8 Å². The molecule has 0 aliphatic carbocycles. The first-order valence-electron chi connectivity index (χ1n) is 10.6. The van der Waals surface area contributed by atoms with Crippen molar-refractivity contribution in [2.24, 2.45) is 5.92 Å². The Morgan fingerprint density at radius 1 is 1.03 bits per heavy atom. The molecule has 0 aromatic heterocycles. The van der Waals surface area contributed by atoms with Gasteiger partial charge in [0.15, 0.2) is 0 Å². The van der Waals surface area contributed by atoms with Crippen LogP contribution >= 0.6 is 0 Å². The summed E-state index contributed by atoms with van der Waals surface area (Å²) in [4.78, 5) is 14.1. The minimum absolute atomic E-state index is 0.0285. The van der Waals surface area contributed by atoms with Crippen LogP contribution < -0.4 is 0 Å². The molecule has 0 radical (unpaired) electrons. The normalized spacial score (nSPS) is 15.6. The van der Waals surface area contributed by atoms with Gasteiger partial charge in [0.05, 0.1) is 0 Å². The van der Waals surface area contributed by atoms with Crippen molar-refractivity contribution in [2.75, 3.05) is 19.7 Å². The van der Waals surface area contributed by atoms with E-state index in [1.54, 1.807) is 4.90 Å². The number of allylic oxidation sites excluding steroid dienone is 1. The van der Waals surface area contributed by atoms with E-state index in [0.717, 1.165) is 36.8 Å². The standard InChI is InChI=1S/C25H31NO3/c1-2-3-4-11-20-29-24(27)26-18-16-23(17-19-26)25(28,21-12-7-5-8-13-21)22-14-9-6-10-15-22/h4-15,23,28H,2-3,16-20H2,1H3/b11-4+. The third-order valence-electron chi connectivity index (χ3n) is 5.70. The maximum absolute atomic E-state index is 12.3. The molecule has 1 amide bonds. The summed E-state index contributed by atoms with van der Waals surface area (Å²) in [5, 5.41) is 11.9. The molecule has 0 unspecified atom stereocenters. The summed E-state index contributed by atoms with van der Waals surface area (Å²) < 4.78 is 5.36. The minimum Gasteiger partial charge on any atom is -0.445 e. The number of rotatable bonds is 7. The van der Waals surface area contributed by atoms with Crippen LogP contribution in [0.3, 0.4) is 0 Å². The number of ether oxygens (including phenoxy) is 1. The lowest BCUT2D eigenvalue weighted by Crippen LogP contribution is -2.46. The molecule has 0 bridgehead atoms. The summed E-state index contributed by atoms with van der Waals surface area (Å²) in [6.07, 6.45) is 7.20. The van der Waals surface area contributed by atoms with Gasteiger partial charge in [-0.05, 0) is 36.3 Å². The fraction of sp³-hybridized carbons (Fsp3) is 0.400. The highest BCUT2D eigenvalue weighted by atomic mass is 16.6. The van der Waals surface area contributed by atoms with Crippen LogP contribution in [0, 0.1) is 5.92 Å². The number of piperidine rings is 1. The van der Waals surface area contributed by atoms with E-state index in [0.29, 0.717) is 19.7 Å². The van der Waals surface area contributed by atoms with E-state index in [1.165, 1.54) is 0 Å². The molecule has 29 heavy (non-hydrogen) atoms. The summed E-state index contributed by atoms with van der Waals surface area (Å²) in [6.45, 7) is 3.61. The maximum Gasteiger partial charge on any atom is 0.410 e. The predicted molar refractivity (Wildman–Crippen MR) is 116 cm³/mol. The summed E-state index contributed by atoms with van der Waals surface area (Å²) >= 11 is 0. The maximum atomic E-state index is 12.3. The van der Waals surface area contributed by atoms with Gasteiger partial charge in [-0.15, -0.1) is 0 Å². The lowest BCUT2D eigenvalue weighted by atomic mass is 9.72. The highest BCUT2D eigenvalue weighted by Crippen LogP contribution is 2.41. The quantitative estimate of drug-likeness (QED) is 0.664. The molecule has 0 atom stereocenters. The van der Waals surface area contributed by atoms with Crippen molar-refractivity contribution in [2.45, 2.75) is 38.2 Å². The molecule has 1 heterocycles. The Hall–Kier alpha value is -2.59. The molecule has 1 aliphatic rings. The fourth-order valence-electron chi connectivity index (χ4n) is 4.07. The van der Waals surface area contributed by atoms with Crippen LogP contribution in [0.1, 0.15) is 43.7 Å². The van der Waals surface area contributed by atoms with Crippen LogP contribution in [0.4, 0.5) is 4.79 Å². The SMILES string of the molecule is CCC/C=C/COC(=O)N1CCC(C(O)(c2ccccc2)c2ccccc2)CC1. The molecule has 1 fully saturated rings. The van der Waals surface area contributed by atoms with E-state index in [9.17, 15) is 9.90 Å². The largest absolute Gasteiger partial charge is 0.445 e. The monoisotopic (exact) mass is 393 g/mol. The molecule has 0 spiro atoms. The van der Waals surface area contributed by atoms with Crippen molar-refractivity contribution < 1.29 is 14.6 Å². The number of unbranched alkanes of at least 4 members (excludes halogenated alkanes) is 1. The van der Waals surface area contributed by atoms with Gasteiger partial charge in [-0.1, -0.05) is 86.2 Å². The van der Waals surface area contributed by atoms with Gasteiger partial charge < -0.3 is 14.7 Å². The Labute approximate surface area is 173 Å². The highest BCUT2D eigenvalue weighted by molar-refractivity contribution is 5.67. The van der Waals surface area contributed by atoms with E-state index in [-0.39, 0.29) is 12.0 Å². The van der Waals surface area contributed by atoms with Crippen molar-refractivity contribution in [3.05, 3.63) is 83.9 Å². The zero-order valence-corrected chi connectivity index (χ0v) is 17.2. The molecule has 1 N–H and O–H groups in total. The number of nitrogens with zero attached hydrogens (tertiary/aromatic N) is 1. The topological polar surface area (TPSA) is 49.8 Å². The molecule has 1 saturated heterocycles. The third-order valence-corrected chi connectivity index (χ3v) is 5.70. The second-order valence-corrected chi connectivity index (χ2v) is 7.60. The lowest BCUT2D eigenvalue weighted by molar-refractivity contribution is -0.0138. The Kier molecular flexibility index (Phi) is 7.48. The van der Waals surface area contributed by atoms with Gasteiger partial charge in [0, 0.05) is 13.1 Å². The molecule has 2 aromatic carbocycles. The highest BCUT2D eigenvalue weighted by Gasteiger charge is 2.42.